The van der Waals surface area contributed by atoms with Gasteiger partial charge in [-0.25, -0.2) is 9.97 Å². The molecule has 0 saturated carbocycles. The summed E-state index contributed by atoms with van der Waals surface area (Å²) in [4.78, 5) is 10.4. The van der Waals surface area contributed by atoms with Crippen LogP contribution < -0.4 is 0 Å². The van der Waals surface area contributed by atoms with Crippen LogP contribution in [0.5, 0.6) is 0 Å². The van der Waals surface area contributed by atoms with E-state index in [1.807, 2.05) is 6.07 Å². The minimum Gasteiger partial charge on any atom is -0.385 e. The Kier molecular flexibility index (Phi) is 3.76. The summed E-state index contributed by atoms with van der Waals surface area (Å²) in [6.45, 7) is 2.72. The first-order valence-electron chi connectivity index (χ1n) is 7.00. The lowest BCUT2D eigenvalue weighted by Crippen LogP contribution is -2.42. The van der Waals surface area contributed by atoms with Crippen LogP contribution >= 0.6 is 0 Å². The zero-order chi connectivity index (χ0) is 13.8. The molecule has 0 unspecified atom stereocenters. The van der Waals surface area contributed by atoms with Gasteiger partial charge in [-0.3, -0.25) is 4.90 Å². The number of benzene rings is 1. The Bertz CT molecular complexity index is 536. The molecule has 1 aliphatic heterocycles. The summed E-state index contributed by atoms with van der Waals surface area (Å²) in [5.41, 5.74) is 1.38. The quantitative estimate of drug-likeness (QED) is 0.925. The number of aliphatic hydroxyl groups is 1. The molecule has 1 fully saturated rings. The van der Waals surface area contributed by atoms with E-state index >= 15 is 0 Å². The average molecular weight is 269 g/mol. The second-order valence-electron chi connectivity index (χ2n) is 5.42. The Balaban J connectivity index is 1.62. The Morgan fingerprint density at radius 2 is 1.70 bits per heavy atom. The number of aromatic nitrogens is 2. The second-order valence-corrected chi connectivity index (χ2v) is 5.42. The van der Waals surface area contributed by atoms with E-state index in [4.69, 9.17) is 0 Å². The van der Waals surface area contributed by atoms with E-state index in [9.17, 15) is 5.11 Å². The summed E-state index contributed by atoms with van der Waals surface area (Å²) in [6.07, 6.45) is 6.40. The fourth-order valence-electron chi connectivity index (χ4n) is 2.75. The molecule has 1 N–H and O–H groups in total. The van der Waals surface area contributed by atoms with Crippen molar-refractivity contribution in [2.75, 3.05) is 13.1 Å². The molecule has 0 aliphatic carbocycles. The van der Waals surface area contributed by atoms with E-state index in [2.05, 4.69) is 39.1 Å². The van der Waals surface area contributed by atoms with Gasteiger partial charge in [0.05, 0.1) is 5.60 Å². The van der Waals surface area contributed by atoms with Crippen LogP contribution in [0.25, 0.3) is 0 Å². The first-order chi connectivity index (χ1) is 9.76. The van der Waals surface area contributed by atoms with Crippen molar-refractivity contribution in [2.45, 2.75) is 25.0 Å². The van der Waals surface area contributed by atoms with Gasteiger partial charge in [-0.15, -0.1) is 0 Å². The molecule has 4 nitrogen and oxygen atoms in total. The molecule has 3 rings (SSSR count). The van der Waals surface area contributed by atoms with E-state index in [0.717, 1.165) is 38.0 Å². The smallest absolute Gasteiger partial charge is 0.115 e. The molecule has 0 amide bonds. The van der Waals surface area contributed by atoms with Gasteiger partial charge in [0.2, 0.25) is 0 Å². The van der Waals surface area contributed by atoms with Gasteiger partial charge in [-0.1, -0.05) is 30.3 Å². The minimum absolute atomic E-state index is 0.729. The summed E-state index contributed by atoms with van der Waals surface area (Å²) in [6, 6.07) is 10.5. The third kappa shape index (κ3) is 2.86. The lowest BCUT2D eigenvalue weighted by molar-refractivity contribution is -0.0282. The molecule has 1 aromatic carbocycles. The van der Waals surface area contributed by atoms with Crippen molar-refractivity contribution in [2.24, 2.45) is 0 Å². The fourth-order valence-corrected chi connectivity index (χ4v) is 2.75. The van der Waals surface area contributed by atoms with Crippen LogP contribution in [0.15, 0.2) is 49.1 Å². The predicted octanol–water partition coefficient (Wildman–Crippen LogP) is 1.96. The highest BCUT2D eigenvalue weighted by Gasteiger charge is 2.34. The molecule has 2 aromatic rings. The molecular formula is C16H19N3O. The second kappa shape index (κ2) is 5.69. The van der Waals surface area contributed by atoms with Crippen LogP contribution in [0.4, 0.5) is 0 Å². The maximum atomic E-state index is 10.7. The predicted molar refractivity (Wildman–Crippen MR) is 76.9 cm³/mol. The molecular weight excluding hydrogens is 250 g/mol. The number of rotatable bonds is 3. The van der Waals surface area contributed by atoms with Gasteiger partial charge >= 0.3 is 0 Å². The largest absolute Gasteiger partial charge is 0.385 e. The van der Waals surface area contributed by atoms with Gasteiger partial charge in [0.15, 0.2) is 0 Å². The molecule has 1 saturated heterocycles. The van der Waals surface area contributed by atoms with E-state index in [0.29, 0.717) is 0 Å². The van der Waals surface area contributed by atoms with Crippen molar-refractivity contribution in [3.8, 4) is 0 Å². The summed E-state index contributed by atoms with van der Waals surface area (Å²) in [7, 11) is 0. The van der Waals surface area contributed by atoms with Crippen LogP contribution in [-0.2, 0) is 12.1 Å². The third-order valence-corrected chi connectivity index (χ3v) is 4.03. The highest BCUT2D eigenvalue weighted by molar-refractivity contribution is 5.17. The Hall–Kier alpha value is -1.78. The highest BCUT2D eigenvalue weighted by atomic mass is 16.3. The lowest BCUT2D eigenvalue weighted by atomic mass is 9.86. The van der Waals surface area contributed by atoms with Crippen molar-refractivity contribution >= 4 is 0 Å². The highest BCUT2D eigenvalue weighted by Crippen LogP contribution is 2.32. The standard InChI is InChI=1S/C16H19N3O/c20-16(15-10-17-13-18-11-15)6-8-19(9-7-16)12-14-4-2-1-3-5-14/h1-5,10-11,13,20H,6-9,12H2. The topological polar surface area (TPSA) is 49.3 Å². The number of hydrogen-bond donors (Lipinski definition) is 1. The monoisotopic (exact) mass is 269 g/mol. The number of hydrogen-bond acceptors (Lipinski definition) is 4. The molecule has 0 radical (unpaired) electrons. The normalized spacial score (nSPS) is 18.9. The van der Waals surface area contributed by atoms with Crippen molar-refractivity contribution in [3.05, 3.63) is 60.2 Å². The van der Waals surface area contributed by atoms with Crippen LogP contribution in [0, 0.1) is 0 Å². The fraction of sp³-hybridized carbons (Fsp3) is 0.375. The van der Waals surface area contributed by atoms with E-state index in [-0.39, 0.29) is 0 Å². The Morgan fingerprint density at radius 1 is 1.05 bits per heavy atom. The molecule has 0 spiro atoms. The molecule has 2 heterocycles. The van der Waals surface area contributed by atoms with E-state index < -0.39 is 5.60 Å². The molecule has 1 aromatic heterocycles. The number of likely N-dealkylation sites (tertiary alicyclic amines) is 1. The lowest BCUT2D eigenvalue weighted by Gasteiger charge is -2.38. The molecule has 0 bridgehead atoms. The first kappa shape index (κ1) is 13.2. The Labute approximate surface area is 119 Å². The van der Waals surface area contributed by atoms with Gasteiger partial charge in [0.25, 0.3) is 0 Å². The zero-order valence-corrected chi connectivity index (χ0v) is 11.4. The van der Waals surface area contributed by atoms with Gasteiger partial charge < -0.3 is 5.11 Å². The maximum absolute atomic E-state index is 10.7. The van der Waals surface area contributed by atoms with Gasteiger partial charge in [0.1, 0.15) is 6.33 Å². The van der Waals surface area contributed by atoms with Crippen molar-refractivity contribution in [3.63, 3.8) is 0 Å². The van der Waals surface area contributed by atoms with Gasteiger partial charge in [-0.2, -0.15) is 0 Å². The summed E-state index contributed by atoms with van der Waals surface area (Å²) < 4.78 is 0. The van der Waals surface area contributed by atoms with Crippen LogP contribution in [0.1, 0.15) is 24.0 Å². The molecule has 1 aliphatic rings. The third-order valence-electron chi connectivity index (χ3n) is 4.03. The van der Waals surface area contributed by atoms with Crippen molar-refractivity contribution in [1.82, 2.24) is 14.9 Å². The minimum atomic E-state index is -0.769. The summed E-state index contributed by atoms with van der Waals surface area (Å²) in [5, 5.41) is 10.7. The van der Waals surface area contributed by atoms with Crippen LogP contribution in [-0.4, -0.2) is 33.1 Å². The SMILES string of the molecule is OC1(c2cncnc2)CCN(Cc2ccccc2)CC1. The molecule has 0 atom stereocenters. The van der Waals surface area contributed by atoms with Crippen molar-refractivity contribution < 1.29 is 5.11 Å². The van der Waals surface area contributed by atoms with Crippen LogP contribution in [0.3, 0.4) is 0 Å². The number of piperidine rings is 1. The van der Waals surface area contributed by atoms with E-state index in [1.54, 1.807) is 12.4 Å². The zero-order valence-electron chi connectivity index (χ0n) is 11.4. The average Bonchev–Trinajstić information content (AvgIpc) is 2.52. The van der Waals surface area contributed by atoms with Gasteiger partial charge in [-0.05, 0) is 18.4 Å². The van der Waals surface area contributed by atoms with E-state index in [1.165, 1.54) is 11.9 Å². The molecule has 104 valence electrons. The number of nitrogens with zero attached hydrogens (tertiary/aromatic N) is 3. The molecule has 4 heteroatoms. The van der Waals surface area contributed by atoms with Gasteiger partial charge in [0, 0.05) is 37.6 Å². The maximum Gasteiger partial charge on any atom is 0.115 e. The Morgan fingerprint density at radius 3 is 2.35 bits per heavy atom. The summed E-state index contributed by atoms with van der Waals surface area (Å²) in [5.74, 6) is 0. The summed E-state index contributed by atoms with van der Waals surface area (Å²) >= 11 is 0. The van der Waals surface area contributed by atoms with Crippen LogP contribution in [0.2, 0.25) is 0 Å². The van der Waals surface area contributed by atoms with Crippen molar-refractivity contribution in [1.29, 1.82) is 0 Å². The molecule has 20 heavy (non-hydrogen) atoms. The first-order valence-corrected chi connectivity index (χ1v) is 7.00.